The zero-order valence-electron chi connectivity index (χ0n) is 27.8. The summed E-state index contributed by atoms with van der Waals surface area (Å²) in [6.07, 6.45) is 8.41. The molecule has 5 nitrogen and oxygen atoms in total. The van der Waals surface area contributed by atoms with Crippen molar-refractivity contribution in [2.45, 2.75) is 103 Å². The van der Waals surface area contributed by atoms with Gasteiger partial charge in [-0.1, -0.05) is 73.2 Å². The maximum Gasteiger partial charge on any atom is 0.315 e. The van der Waals surface area contributed by atoms with Crippen molar-refractivity contribution >= 4 is 36.6 Å². The minimum atomic E-state index is -0.677. The van der Waals surface area contributed by atoms with E-state index in [2.05, 4.69) is 76.5 Å². The van der Waals surface area contributed by atoms with Crippen LogP contribution in [0.3, 0.4) is 0 Å². The Morgan fingerprint density at radius 2 is 1.63 bits per heavy atom. The second-order valence-corrected chi connectivity index (χ2v) is 13.3. The summed E-state index contributed by atoms with van der Waals surface area (Å²) in [5, 5.41) is 0. The fourth-order valence-corrected chi connectivity index (χ4v) is 6.94. The third-order valence-electron chi connectivity index (χ3n) is 9.60. The van der Waals surface area contributed by atoms with Crippen molar-refractivity contribution in [2.75, 3.05) is 19.7 Å². The van der Waals surface area contributed by atoms with E-state index in [-0.39, 0.29) is 36.6 Å². The van der Waals surface area contributed by atoms with Crippen molar-refractivity contribution in [3.63, 3.8) is 0 Å². The average Bonchev–Trinajstić information content (AvgIpc) is 3.23. The normalized spacial score (nSPS) is 17.2. The Bertz CT molecular complexity index is 1410. The molecule has 1 fully saturated rings. The molecule has 3 aromatic rings. The van der Waals surface area contributed by atoms with Gasteiger partial charge in [-0.25, -0.2) is 0 Å². The highest BCUT2D eigenvalue weighted by Gasteiger charge is 2.32. The number of carbonyl (C=O) groups is 2. The maximum absolute atomic E-state index is 13.4. The van der Waals surface area contributed by atoms with Gasteiger partial charge in [0.2, 0.25) is 0 Å². The van der Waals surface area contributed by atoms with Gasteiger partial charge in [-0.3, -0.25) is 19.4 Å². The fraction of sp³-hybridized carbons (Fsp3) is 0.487. The van der Waals surface area contributed by atoms with Crippen LogP contribution < -0.4 is 0 Å². The molecular formula is C39H52Cl2N2O3. The quantitative estimate of drug-likeness (QED) is 0.143. The highest BCUT2D eigenvalue weighted by atomic mass is 35.5. The van der Waals surface area contributed by atoms with Crippen LogP contribution in [0.2, 0.25) is 0 Å². The van der Waals surface area contributed by atoms with E-state index in [1.54, 1.807) is 0 Å². The number of hydrogen-bond acceptors (Lipinski definition) is 5. The van der Waals surface area contributed by atoms with E-state index in [0.29, 0.717) is 19.1 Å². The number of nitrogens with zero attached hydrogens (tertiary/aromatic N) is 2. The van der Waals surface area contributed by atoms with Crippen molar-refractivity contribution in [1.82, 2.24) is 9.80 Å². The Balaban J connectivity index is 0.00000288. The van der Waals surface area contributed by atoms with Gasteiger partial charge in [-0.05, 0) is 106 Å². The van der Waals surface area contributed by atoms with E-state index >= 15 is 0 Å². The molecule has 5 rings (SSSR count). The Hall–Kier alpha value is -2.70. The second kappa shape index (κ2) is 18.0. The second-order valence-electron chi connectivity index (χ2n) is 13.3. The largest absolute Gasteiger partial charge is 0.465 e. The van der Waals surface area contributed by atoms with Gasteiger partial charge in [0, 0.05) is 37.7 Å². The molecule has 0 aliphatic carbocycles. The molecule has 0 aromatic heterocycles. The molecular weight excluding hydrogens is 615 g/mol. The standard InChI is InChI=1S/C39H50N2O3.2ClH/c1-4-44-38(43)39(2,3)35-17-10-15-31(25-35)28-41-24-9-8-18-36(41)19-11-20-37(42)33-22-21-32-16-12-23-40(29-34(32)26-33)27-30-13-6-5-7-14-30;;/h5-7,10,13-15,17,21-22,25-26,36H,4,8-9,11-12,16,18-20,23-24,27-29H2,1-3H3;2*1H. The Labute approximate surface area is 288 Å². The number of carbonyl (C=O) groups excluding carboxylic acids is 2. The molecule has 1 atom stereocenters. The zero-order valence-corrected chi connectivity index (χ0v) is 29.5. The molecule has 2 aliphatic heterocycles. The summed E-state index contributed by atoms with van der Waals surface area (Å²) in [6.45, 7) is 11.0. The number of Topliss-reactive ketones (excluding diaryl/α,β-unsaturated/α-hetero) is 1. The number of ether oxygens (including phenoxy) is 1. The number of piperidine rings is 1. The van der Waals surface area contributed by atoms with Crippen LogP contribution in [0, 0.1) is 0 Å². The number of benzene rings is 3. The van der Waals surface area contributed by atoms with E-state index in [4.69, 9.17) is 4.74 Å². The Morgan fingerprint density at radius 1 is 0.848 bits per heavy atom. The van der Waals surface area contributed by atoms with Crippen LogP contribution in [0.1, 0.15) is 104 Å². The predicted octanol–water partition coefficient (Wildman–Crippen LogP) is 8.73. The molecule has 2 heterocycles. The van der Waals surface area contributed by atoms with Crippen LogP contribution in [0.15, 0.2) is 72.8 Å². The number of rotatable bonds is 12. The number of halogens is 2. The summed E-state index contributed by atoms with van der Waals surface area (Å²) in [5.41, 5.74) is 6.47. The molecule has 0 spiro atoms. The fourth-order valence-electron chi connectivity index (χ4n) is 6.94. The lowest BCUT2D eigenvalue weighted by Gasteiger charge is -2.36. The first-order chi connectivity index (χ1) is 21.3. The first-order valence-electron chi connectivity index (χ1n) is 16.8. The van der Waals surface area contributed by atoms with E-state index in [0.717, 1.165) is 69.5 Å². The van der Waals surface area contributed by atoms with Gasteiger partial charge >= 0.3 is 5.97 Å². The van der Waals surface area contributed by atoms with E-state index in [9.17, 15) is 9.59 Å². The van der Waals surface area contributed by atoms with E-state index in [1.165, 1.54) is 41.5 Å². The van der Waals surface area contributed by atoms with Crippen LogP contribution in [-0.2, 0) is 41.0 Å². The van der Waals surface area contributed by atoms with Crippen molar-refractivity contribution < 1.29 is 14.3 Å². The summed E-state index contributed by atoms with van der Waals surface area (Å²) >= 11 is 0. The molecule has 1 unspecified atom stereocenters. The highest BCUT2D eigenvalue weighted by molar-refractivity contribution is 5.96. The van der Waals surface area contributed by atoms with Gasteiger partial charge in [-0.15, -0.1) is 24.8 Å². The SMILES string of the molecule is CCOC(=O)C(C)(C)c1cccc(CN2CCCCC2CCCC(=O)c2ccc3c(c2)CN(Cc2ccccc2)CCC3)c1.Cl.Cl. The number of fused-ring (bicyclic) bond motifs is 1. The van der Waals surface area contributed by atoms with E-state index in [1.807, 2.05) is 26.8 Å². The average molecular weight is 668 g/mol. The molecule has 0 radical (unpaired) electrons. The molecule has 0 N–H and O–H groups in total. The van der Waals surface area contributed by atoms with Gasteiger partial charge in [-0.2, -0.15) is 0 Å². The maximum atomic E-state index is 13.4. The van der Waals surface area contributed by atoms with Gasteiger partial charge in [0.25, 0.3) is 0 Å². The van der Waals surface area contributed by atoms with Crippen LogP contribution >= 0.6 is 24.8 Å². The monoisotopic (exact) mass is 666 g/mol. The van der Waals surface area contributed by atoms with Crippen LogP contribution in [0.5, 0.6) is 0 Å². The van der Waals surface area contributed by atoms with Gasteiger partial charge in [0.1, 0.15) is 0 Å². The van der Waals surface area contributed by atoms with Crippen molar-refractivity contribution in [1.29, 1.82) is 0 Å². The summed E-state index contributed by atoms with van der Waals surface area (Å²) < 4.78 is 5.34. The molecule has 250 valence electrons. The van der Waals surface area contributed by atoms with E-state index < -0.39 is 5.41 Å². The van der Waals surface area contributed by atoms with Crippen molar-refractivity contribution in [3.05, 3.63) is 106 Å². The molecule has 7 heteroatoms. The third-order valence-corrected chi connectivity index (χ3v) is 9.60. The minimum absolute atomic E-state index is 0. The Morgan fingerprint density at radius 3 is 2.41 bits per heavy atom. The summed E-state index contributed by atoms with van der Waals surface area (Å²) in [6, 6.07) is 26.0. The highest BCUT2D eigenvalue weighted by Crippen LogP contribution is 2.29. The number of esters is 1. The molecule has 46 heavy (non-hydrogen) atoms. The smallest absolute Gasteiger partial charge is 0.315 e. The molecule has 0 saturated carbocycles. The predicted molar refractivity (Wildman–Crippen MR) is 192 cm³/mol. The zero-order chi connectivity index (χ0) is 30.9. The van der Waals surface area contributed by atoms with Crippen molar-refractivity contribution in [2.24, 2.45) is 0 Å². The lowest BCUT2D eigenvalue weighted by Crippen LogP contribution is -2.39. The summed E-state index contributed by atoms with van der Waals surface area (Å²) in [4.78, 5) is 31.1. The van der Waals surface area contributed by atoms with Crippen LogP contribution in [0.4, 0.5) is 0 Å². The molecule has 2 aliphatic rings. The lowest BCUT2D eigenvalue weighted by molar-refractivity contribution is -0.148. The summed E-state index contributed by atoms with van der Waals surface area (Å²) in [7, 11) is 0. The molecule has 0 amide bonds. The third kappa shape index (κ3) is 9.90. The molecule has 3 aromatic carbocycles. The van der Waals surface area contributed by atoms with Gasteiger partial charge in [0.15, 0.2) is 5.78 Å². The Kier molecular flexibility index (Phi) is 14.8. The lowest BCUT2D eigenvalue weighted by atomic mass is 9.84. The number of aryl methyl sites for hydroxylation is 1. The van der Waals surface area contributed by atoms with Crippen LogP contribution in [-0.4, -0.2) is 47.3 Å². The number of hydrogen-bond donors (Lipinski definition) is 0. The first kappa shape index (κ1) is 37.8. The topological polar surface area (TPSA) is 49.9 Å². The number of ketones is 1. The van der Waals surface area contributed by atoms with Crippen LogP contribution in [0.25, 0.3) is 0 Å². The first-order valence-corrected chi connectivity index (χ1v) is 16.8. The minimum Gasteiger partial charge on any atom is -0.465 e. The van der Waals surface area contributed by atoms with Crippen molar-refractivity contribution in [3.8, 4) is 0 Å². The van der Waals surface area contributed by atoms with Gasteiger partial charge in [0.05, 0.1) is 12.0 Å². The number of likely N-dealkylation sites (tertiary alicyclic amines) is 1. The molecule has 1 saturated heterocycles. The van der Waals surface area contributed by atoms with Gasteiger partial charge < -0.3 is 4.74 Å². The molecule has 0 bridgehead atoms. The summed E-state index contributed by atoms with van der Waals surface area (Å²) in [5.74, 6) is 0.0829.